The number of carbonyl (C=O) groups is 3. The summed E-state index contributed by atoms with van der Waals surface area (Å²) in [4.78, 5) is 37.0. The van der Waals surface area contributed by atoms with Gasteiger partial charge in [-0.1, -0.05) is 0 Å². The van der Waals surface area contributed by atoms with Gasteiger partial charge in [-0.15, -0.1) is 0 Å². The molecule has 0 spiro atoms. The molecule has 0 radical (unpaired) electrons. The Kier molecular flexibility index (Phi) is 4.21. The fourth-order valence-corrected chi connectivity index (χ4v) is 2.16. The molecule has 5 nitrogen and oxygen atoms in total. The third-order valence-electron chi connectivity index (χ3n) is 3.30. The Labute approximate surface area is 126 Å². The predicted molar refractivity (Wildman–Crippen MR) is 74.5 cm³/mol. The predicted octanol–water partition coefficient (Wildman–Crippen LogP) is 1.98. The van der Waals surface area contributed by atoms with Crippen LogP contribution in [0.2, 0.25) is 0 Å². The molecular formula is C16H13FO5. The van der Waals surface area contributed by atoms with Crippen molar-refractivity contribution < 1.29 is 28.2 Å². The number of halogens is 1. The fraction of sp³-hybridized carbons (Fsp3) is 0.188. The Morgan fingerprint density at radius 3 is 1.95 bits per heavy atom. The van der Waals surface area contributed by atoms with E-state index in [1.165, 1.54) is 33.3 Å². The lowest BCUT2D eigenvalue weighted by Crippen LogP contribution is -2.28. The van der Waals surface area contributed by atoms with Crippen molar-refractivity contribution in [3.63, 3.8) is 0 Å². The molecule has 22 heavy (non-hydrogen) atoms. The first-order valence-electron chi connectivity index (χ1n) is 6.35. The van der Waals surface area contributed by atoms with E-state index < -0.39 is 23.2 Å². The minimum Gasteiger partial charge on any atom is -0.489 e. The molecular weight excluding hydrogens is 291 g/mol. The molecule has 0 aromatic heterocycles. The number of allylic oxidation sites excluding steroid dienone is 2. The van der Waals surface area contributed by atoms with Crippen molar-refractivity contribution >= 4 is 17.3 Å². The maximum Gasteiger partial charge on any atom is 0.235 e. The van der Waals surface area contributed by atoms with E-state index in [1.54, 1.807) is 0 Å². The molecule has 1 aromatic rings. The molecule has 0 saturated heterocycles. The van der Waals surface area contributed by atoms with Gasteiger partial charge in [0.15, 0.2) is 5.78 Å². The quantitative estimate of drug-likeness (QED) is 0.483. The van der Waals surface area contributed by atoms with Crippen LogP contribution in [-0.2, 0) is 19.1 Å². The van der Waals surface area contributed by atoms with Crippen LogP contribution in [0, 0.1) is 5.82 Å². The number of ketones is 3. The fourth-order valence-electron chi connectivity index (χ4n) is 2.16. The molecule has 6 heteroatoms. The molecule has 0 bridgehead atoms. The van der Waals surface area contributed by atoms with Crippen LogP contribution < -0.4 is 0 Å². The number of hydrogen-bond donors (Lipinski definition) is 0. The topological polar surface area (TPSA) is 69.7 Å². The highest BCUT2D eigenvalue weighted by Gasteiger charge is 2.38. The summed E-state index contributed by atoms with van der Waals surface area (Å²) in [6, 6.07) is 4.70. The summed E-state index contributed by atoms with van der Waals surface area (Å²) < 4.78 is 22.7. The highest BCUT2D eigenvalue weighted by molar-refractivity contribution is 6.37. The second-order valence-corrected chi connectivity index (χ2v) is 4.56. The zero-order valence-electron chi connectivity index (χ0n) is 12.2. The van der Waals surface area contributed by atoms with Crippen LogP contribution in [0.25, 0.3) is 0 Å². The molecule has 0 N–H and O–H groups in total. The standard InChI is InChI=1S/C16H13FO5/c1-8-11(13(19)9-4-6-10(17)7-5-9)14(20)16(22-3)15(21-2)12(8)18/h4-7H,1-3H3. The maximum absolute atomic E-state index is 12.9. The second kappa shape index (κ2) is 5.93. The van der Waals surface area contributed by atoms with Gasteiger partial charge in [0.05, 0.1) is 19.8 Å². The van der Waals surface area contributed by atoms with Gasteiger partial charge in [0, 0.05) is 11.1 Å². The molecule has 0 unspecified atom stereocenters. The third kappa shape index (κ3) is 2.43. The maximum atomic E-state index is 12.9. The van der Waals surface area contributed by atoms with Crippen LogP contribution >= 0.6 is 0 Å². The SMILES string of the molecule is COC1=C(OC)C(=O)C(C(=O)c2ccc(F)cc2)=C(C)C1=O. The zero-order chi connectivity index (χ0) is 16.4. The number of Topliss-reactive ketones (excluding diaryl/α,β-unsaturated/α-hetero) is 3. The van der Waals surface area contributed by atoms with Crippen molar-refractivity contribution in [1.82, 2.24) is 0 Å². The summed E-state index contributed by atoms with van der Waals surface area (Å²) in [6.07, 6.45) is 0. The van der Waals surface area contributed by atoms with Crippen LogP contribution in [0.3, 0.4) is 0 Å². The average Bonchev–Trinajstić information content (AvgIpc) is 2.51. The first kappa shape index (κ1) is 15.6. The summed E-state index contributed by atoms with van der Waals surface area (Å²) in [5, 5.41) is 0. The van der Waals surface area contributed by atoms with Crippen molar-refractivity contribution in [1.29, 1.82) is 0 Å². The van der Waals surface area contributed by atoms with E-state index in [-0.39, 0.29) is 28.2 Å². The molecule has 0 heterocycles. The van der Waals surface area contributed by atoms with Crippen molar-refractivity contribution in [2.24, 2.45) is 0 Å². The van der Waals surface area contributed by atoms with Crippen molar-refractivity contribution in [3.8, 4) is 0 Å². The highest BCUT2D eigenvalue weighted by atomic mass is 19.1. The molecule has 0 atom stereocenters. The number of hydrogen-bond acceptors (Lipinski definition) is 5. The van der Waals surface area contributed by atoms with Gasteiger partial charge in [-0.2, -0.15) is 0 Å². The summed E-state index contributed by atoms with van der Waals surface area (Å²) in [5.74, 6) is -3.05. The van der Waals surface area contributed by atoms with Gasteiger partial charge in [0.1, 0.15) is 5.82 Å². The average molecular weight is 304 g/mol. The van der Waals surface area contributed by atoms with Gasteiger partial charge in [-0.05, 0) is 31.2 Å². The van der Waals surface area contributed by atoms with Crippen LogP contribution in [0.4, 0.5) is 4.39 Å². The lowest BCUT2D eigenvalue weighted by molar-refractivity contribution is -0.120. The molecule has 0 saturated carbocycles. The van der Waals surface area contributed by atoms with Crippen molar-refractivity contribution in [2.45, 2.75) is 6.92 Å². The Morgan fingerprint density at radius 2 is 1.45 bits per heavy atom. The lowest BCUT2D eigenvalue weighted by atomic mass is 9.88. The summed E-state index contributed by atoms with van der Waals surface area (Å²) in [6.45, 7) is 1.36. The van der Waals surface area contributed by atoms with E-state index in [9.17, 15) is 18.8 Å². The molecule has 0 fully saturated rings. The molecule has 114 valence electrons. The molecule has 0 aliphatic heterocycles. The Bertz CT molecular complexity index is 725. The van der Waals surface area contributed by atoms with E-state index in [0.29, 0.717) is 0 Å². The highest BCUT2D eigenvalue weighted by Crippen LogP contribution is 2.27. The molecule has 0 amide bonds. The Balaban J connectivity index is 2.53. The summed E-state index contributed by atoms with van der Waals surface area (Å²) in [7, 11) is 2.44. The Morgan fingerprint density at radius 1 is 0.955 bits per heavy atom. The van der Waals surface area contributed by atoms with Gasteiger partial charge in [-0.25, -0.2) is 4.39 Å². The van der Waals surface area contributed by atoms with Gasteiger partial charge in [0.2, 0.25) is 23.1 Å². The van der Waals surface area contributed by atoms with Gasteiger partial charge < -0.3 is 9.47 Å². The van der Waals surface area contributed by atoms with Crippen LogP contribution in [-0.4, -0.2) is 31.6 Å². The monoisotopic (exact) mass is 304 g/mol. The third-order valence-corrected chi connectivity index (χ3v) is 3.30. The van der Waals surface area contributed by atoms with E-state index in [4.69, 9.17) is 9.47 Å². The van der Waals surface area contributed by atoms with Crippen LogP contribution in [0.5, 0.6) is 0 Å². The zero-order valence-corrected chi connectivity index (χ0v) is 12.2. The normalized spacial score (nSPS) is 15.3. The van der Waals surface area contributed by atoms with Gasteiger partial charge >= 0.3 is 0 Å². The van der Waals surface area contributed by atoms with Gasteiger partial charge in [0.25, 0.3) is 0 Å². The van der Waals surface area contributed by atoms with Crippen molar-refractivity contribution in [2.75, 3.05) is 14.2 Å². The van der Waals surface area contributed by atoms with Crippen molar-refractivity contribution in [3.05, 3.63) is 58.3 Å². The molecule has 2 rings (SSSR count). The molecule has 1 aliphatic carbocycles. The van der Waals surface area contributed by atoms with E-state index in [1.807, 2.05) is 0 Å². The van der Waals surface area contributed by atoms with Gasteiger partial charge in [-0.3, -0.25) is 14.4 Å². The van der Waals surface area contributed by atoms with E-state index >= 15 is 0 Å². The summed E-state index contributed by atoms with van der Waals surface area (Å²) >= 11 is 0. The molecule has 1 aromatic carbocycles. The smallest absolute Gasteiger partial charge is 0.235 e. The number of rotatable bonds is 4. The number of carbonyl (C=O) groups excluding carboxylic acids is 3. The first-order valence-corrected chi connectivity index (χ1v) is 6.35. The van der Waals surface area contributed by atoms with E-state index in [2.05, 4.69) is 0 Å². The minimum absolute atomic E-state index is 0.0306. The number of benzene rings is 1. The second-order valence-electron chi connectivity index (χ2n) is 4.56. The first-order chi connectivity index (χ1) is 10.4. The van der Waals surface area contributed by atoms with Crippen LogP contribution in [0.15, 0.2) is 46.9 Å². The number of ether oxygens (including phenoxy) is 2. The summed E-state index contributed by atoms with van der Waals surface area (Å²) in [5.41, 5.74) is -0.223. The largest absolute Gasteiger partial charge is 0.489 e. The van der Waals surface area contributed by atoms with Crippen LogP contribution in [0.1, 0.15) is 17.3 Å². The minimum atomic E-state index is -0.731. The van der Waals surface area contributed by atoms with E-state index in [0.717, 1.165) is 12.1 Å². The Hall–Kier alpha value is -2.76. The number of methoxy groups -OCH3 is 2. The molecule has 1 aliphatic rings. The lowest BCUT2D eigenvalue weighted by Gasteiger charge is -2.19.